The number of hydrogen-bond acceptors (Lipinski definition) is 3. The van der Waals surface area contributed by atoms with Gasteiger partial charge >= 0.3 is 0 Å². The minimum atomic E-state index is 0.744. The molecule has 2 fully saturated rings. The predicted molar refractivity (Wildman–Crippen MR) is 70.2 cm³/mol. The monoisotopic (exact) mass is 231 g/mol. The van der Waals surface area contributed by atoms with Crippen molar-refractivity contribution < 1.29 is 0 Å². The van der Waals surface area contributed by atoms with Crippen molar-refractivity contribution in [3.05, 3.63) is 24.5 Å². The molecule has 0 atom stereocenters. The molecule has 1 saturated carbocycles. The predicted octanol–water partition coefficient (Wildman–Crippen LogP) is 2.05. The van der Waals surface area contributed by atoms with Crippen molar-refractivity contribution in [1.82, 2.24) is 10.3 Å². The van der Waals surface area contributed by atoms with Gasteiger partial charge in [0.1, 0.15) is 0 Å². The average Bonchev–Trinajstić information content (AvgIpc) is 3.22. The molecule has 0 spiro atoms. The fourth-order valence-electron chi connectivity index (χ4n) is 2.55. The summed E-state index contributed by atoms with van der Waals surface area (Å²) in [6.07, 6.45) is 9.20. The van der Waals surface area contributed by atoms with Gasteiger partial charge in [0.2, 0.25) is 0 Å². The van der Waals surface area contributed by atoms with E-state index in [1.54, 1.807) is 0 Å². The number of pyridine rings is 1. The molecule has 92 valence electrons. The maximum Gasteiger partial charge on any atom is 0.0397 e. The van der Waals surface area contributed by atoms with Crippen LogP contribution >= 0.6 is 0 Å². The van der Waals surface area contributed by atoms with Crippen molar-refractivity contribution in [2.24, 2.45) is 5.92 Å². The van der Waals surface area contributed by atoms with E-state index in [1.807, 2.05) is 12.4 Å². The van der Waals surface area contributed by atoms with Crippen molar-refractivity contribution in [2.45, 2.75) is 31.7 Å². The second-order valence-electron chi connectivity index (χ2n) is 5.32. The summed E-state index contributed by atoms with van der Waals surface area (Å²) in [4.78, 5) is 6.54. The lowest BCUT2D eigenvalue weighted by Gasteiger charge is -2.34. The van der Waals surface area contributed by atoms with Crippen molar-refractivity contribution in [1.29, 1.82) is 0 Å². The van der Waals surface area contributed by atoms with Crippen LogP contribution in [-0.4, -0.2) is 30.7 Å². The summed E-state index contributed by atoms with van der Waals surface area (Å²) in [7, 11) is 0. The molecule has 1 aliphatic heterocycles. The van der Waals surface area contributed by atoms with Crippen LogP contribution < -0.4 is 10.2 Å². The molecule has 0 radical (unpaired) electrons. The average molecular weight is 231 g/mol. The molecule has 0 unspecified atom stereocenters. The fourth-order valence-corrected chi connectivity index (χ4v) is 2.55. The molecular formula is C14H21N3. The highest BCUT2D eigenvalue weighted by Gasteiger charge is 2.24. The molecule has 1 saturated heterocycles. The highest BCUT2D eigenvalue weighted by molar-refractivity contribution is 5.44. The number of piperidine rings is 1. The number of aromatic nitrogens is 1. The number of anilines is 1. The van der Waals surface area contributed by atoms with Gasteiger partial charge in [-0.3, -0.25) is 4.98 Å². The highest BCUT2D eigenvalue weighted by Crippen LogP contribution is 2.28. The molecule has 1 N–H and O–H groups in total. The third-order valence-electron chi connectivity index (χ3n) is 3.91. The minimum Gasteiger partial charge on any atom is -0.371 e. The third-order valence-corrected chi connectivity index (χ3v) is 3.91. The van der Waals surface area contributed by atoms with Crippen LogP contribution in [-0.2, 0) is 0 Å². The molecule has 2 aliphatic rings. The summed E-state index contributed by atoms with van der Waals surface area (Å²) in [5, 5.41) is 3.72. The Morgan fingerprint density at radius 1 is 1.12 bits per heavy atom. The number of nitrogens with zero attached hydrogens (tertiary/aromatic N) is 2. The number of nitrogens with one attached hydrogen (secondary N) is 1. The zero-order valence-corrected chi connectivity index (χ0v) is 10.3. The van der Waals surface area contributed by atoms with Gasteiger partial charge in [0.05, 0.1) is 0 Å². The molecule has 0 amide bonds. The van der Waals surface area contributed by atoms with E-state index in [4.69, 9.17) is 0 Å². The standard InChI is InChI=1S/C14H21N3/c1-2-12(1)11-16-13-5-9-17(10-6-13)14-3-7-15-8-4-14/h3-4,7-8,12-13,16H,1-2,5-6,9-11H2. The Hall–Kier alpha value is -1.09. The third kappa shape index (κ3) is 2.97. The largest absolute Gasteiger partial charge is 0.371 e. The maximum absolute atomic E-state index is 4.07. The van der Waals surface area contributed by atoms with Crippen LogP contribution in [0.15, 0.2) is 24.5 Å². The molecule has 3 rings (SSSR count). The second-order valence-corrected chi connectivity index (χ2v) is 5.32. The van der Waals surface area contributed by atoms with Crippen LogP contribution in [0.1, 0.15) is 25.7 Å². The SMILES string of the molecule is c1cc(N2CCC(NCC3CC3)CC2)ccn1. The van der Waals surface area contributed by atoms with Crippen LogP contribution in [0.5, 0.6) is 0 Å². The Bertz CT molecular complexity index is 340. The van der Waals surface area contributed by atoms with E-state index in [2.05, 4.69) is 27.3 Å². The second kappa shape index (κ2) is 5.05. The van der Waals surface area contributed by atoms with E-state index in [0.29, 0.717) is 0 Å². The van der Waals surface area contributed by atoms with Gasteiger partial charge in [-0.1, -0.05) is 0 Å². The van der Waals surface area contributed by atoms with Gasteiger partial charge in [0.25, 0.3) is 0 Å². The molecule has 1 aliphatic carbocycles. The van der Waals surface area contributed by atoms with E-state index in [1.165, 1.54) is 51.0 Å². The molecular weight excluding hydrogens is 210 g/mol. The summed E-state index contributed by atoms with van der Waals surface area (Å²) in [6, 6.07) is 4.96. The van der Waals surface area contributed by atoms with Crippen molar-refractivity contribution in [3.8, 4) is 0 Å². The highest BCUT2D eigenvalue weighted by atomic mass is 15.1. The summed E-state index contributed by atoms with van der Waals surface area (Å²) < 4.78 is 0. The number of rotatable bonds is 4. The maximum atomic E-state index is 4.07. The van der Waals surface area contributed by atoms with Crippen molar-refractivity contribution in [3.63, 3.8) is 0 Å². The van der Waals surface area contributed by atoms with Crippen LogP contribution in [0.4, 0.5) is 5.69 Å². The van der Waals surface area contributed by atoms with E-state index < -0.39 is 0 Å². The van der Waals surface area contributed by atoms with Gasteiger partial charge < -0.3 is 10.2 Å². The molecule has 17 heavy (non-hydrogen) atoms. The first-order valence-corrected chi connectivity index (χ1v) is 6.80. The Labute approximate surface area is 103 Å². The van der Waals surface area contributed by atoms with E-state index in [9.17, 15) is 0 Å². The molecule has 2 heterocycles. The quantitative estimate of drug-likeness (QED) is 0.859. The van der Waals surface area contributed by atoms with Gasteiger partial charge in [0.15, 0.2) is 0 Å². The van der Waals surface area contributed by atoms with E-state index >= 15 is 0 Å². The Morgan fingerprint density at radius 2 is 1.82 bits per heavy atom. The Morgan fingerprint density at radius 3 is 2.47 bits per heavy atom. The van der Waals surface area contributed by atoms with Crippen molar-refractivity contribution >= 4 is 5.69 Å². The summed E-state index contributed by atoms with van der Waals surface area (Å²) in [5.41, 5.74) is 1.32. The lowest BCUT2D eigenvalue weighted by molar-refractivity contribution is 0.409. The lowest BCUT2D eigenvalue weighted by atomic mass is 10.0. The van der Waals surface area contributed by atoms with Crippen LogP contribution in [0.3, 0.4) is 0 Å². The fraction of sp³-hybridized carbons (Fsp3) is 0.643. The molecule has 3 nitrogen and oxygen atoms in total. The number of hydrogen-bond donors (Lipinski definition) is 1. The van der Waals surface area contributed by atoms with Crippen LogP contribution in [0.2, 0.25) is 0 Å². The molecule has 0 bridgehead atoms. The first-order chi connectivity index (χ1) is 8.42. The minimum absolute atomic E-state index is 0.744. The first-order valence-electron chi connectivity index (χ1n) is 6.80. The van der Waals surface area contributed by atoms with Gasteiger partial charge in [0, 0.05) is 37.2 Å². The zero-order chi connectivity index (χ0) is 11.5. The molecule has 1 aromatic rings. The Balaban J connectivity index is 1.46. The summed E-state index contributed by atoms with van der Waals surface area (Å²) in [5.74, 6) is 0.994. The lowest BCUT2D eigenvalue weighted by Crippen LogP contribution is -2.43. The molecule has 1 aromatic heterocycles. The van der Waals surface area contributed by atoms with Crippen molar-refractivity contribution in [2.75, 3.05) is 24.5 Å². The van der Waals surface area contributed by atoms with E-state index in [-0.39, 0.29) is 0 Å². The van der Waals surface area contributed by atoms with Crippen LogP contribution in [0, 0.1) is 5.92 Å². The molecule has 3 heteroatoms. The van der Waals surface area contributed by atoms with Gasteiger partial charge in [-0.05, 0) is 50.3 Å². The molecule has 0 aromatic carbocycles. The summed E-state index contributed by atoms with van der Waals surface area (Å²) in [6.45, 7) is 3.60. The summed E-state index contributed by atoms with van der Waals surface area (Å²) >= 11 is 0. The van der Waals surface area contributed by atoms with Gasteiger partial charge in [-0.2, -0.15) is 0 Å². The smallest absolute Gasteiger partial charge is 0.0397 e. The Kier molecular flexibility index (Phi) is 3.27. The topological polar surface area (TPSA) is 28.2 Å². The first kappa shape index (κ1) is 11.0. The zero-order valence-electron chi connectivity index (χ0n) is 10.3. The van der Waals surface area contributed by atoms with Gasteiger partial charge in [-0.25, -0.2) is 0 Å². The van der Waals surface area contributed by atoms with E-state index in [0.717, 1.165) is 12.0 Å². The van der Waals surface area contributed by atoms with Crippen LogP contribution in [0.25, 0.3) is 0 Å². The normalized spacial score (nSPS) is 21.8. The van der Waals surface area contributed by atoms with Gasteiger partial charge in [-0.15, -0.1) is 0 Å².